The van der Waals surface area contributed by atoms with Crippen LogP contribution in [0.4, 0.5) is 0 Å². The molecule has 0 bridgehead atoms. The first-order chi connectivity index (χ1) is 7.90. The third-order valence-electron chi connectivity index (χ3n) is 3.49. The highest BCUT2D eigenvalue weighted by atomic mass is 16.5. The van der Waals surface area contributed by atoms with Crippen molar-refractivity contribution >= 4 is 5.91 Å². The van der Waals surface area contributed by atoms with Gasteiger partial charge in [-0.1, -0.05) is 27.7 Å². The van der Waals surface area contributed by atoms with E-state index in [9.17, 15) is 4.79 Å². The van der Waals surface area contributed by atoms with Gasteiger partial charge in [0, 0.05) is 7.11 Å². The summed E-state index contributed by atoms with van der Waals surface area (Å²) in [6, 6.07) is 0.0989. The fourth-order valence-corrected chi connectivity index (χ4v) is 2.46. The molecule has 1 rings (SSSR count). The Morgan fingerprint density at radius 1 is 1.35 bits per heavy atom. The van der Waals surface area contributed by atoms with Gasteiger partial charge < -0.3 is 9.64 Å². The van der Waals surface area contributed by atoms with Gasteiger partial charge in [0.1, 0.15) is 0 Å². The van der Waals surface area contributed by atoms with E-state index in [1.807, 2.05) is 11.8 Å². The molecule has 0 spiro atoms. The van der Waals surface area contributed by atoms with Crippen LogP contribution in [0.2, 0.25) is 0 Å². The number of carbonyl (C=O) groups excluding carboxylic acids is 1. The molecular formula is C13H26N2O2. The average Bonchev–Trinajstić information content (AvgIpc) is 2.51. The standard InChI is InChI=1S/C13H26N2O2/c1-8(2)11(7-17-6)15-10(5)14-12(9(3)4)13(15)16/h8-12,14H,7H2,1-6H3. The Balaban J connectivity index is 2.84. The Bertz CT molecular complexity index is 266. The van der Waals surface area contributed by atoms with E-state index in [1.165, 1.54) is 0 Å². The van der Waals surface area contributed by atoms with Crippen molar-refractivity contribution in [1.29, 1.82) is 0 Å². The van der Waals surface area contributed by atoms with E-state index >= 15 is 0 Å². The molecule has 1 N–H and O–H groups in total. The van der Waals surface area contributed by atoms with Crippen LogP contribution in [0, 0.1) is 11.8 Å². The molecule has 3 unspecified atom stereocenters. The Kier molecular flexibility index (Phi) is 4.95. The maximum absolute atomic E-state index is 12.4. The summed E-state index contributed by atoms with van der Waals surface area (Å²) < 4.78 is 5.25. The maximum Gasteiger partial charge on any atom is 0.241 e. The molecule has 0 aliphatic carbocycles. The molecule has 100 valence electrons. The highest BCUT2D eigenvalue weighted by molar-refractivity contribution is 5.84. The number of nitrogens with one attached hydrogen (secondary N) is 1. The molecule has 0 aromatic rings. The zero-order chi connectivity index (χ0) is 13.2. The summed E-state index contributed by atoms with van der Waals surface area (Å²) in [6.45, 7) is 11.1. The second-order valence-corrected chi connectivity index (χ2v) is 5.58. The van der Waals surface area contributed by atoms with Crippen LogP contribution < -0.4 is 5.32 Å². The van der Waals surface area contributed by atoms with Crippen LogP contribution >= 0.6 is 0 Å². The first-order valence-corrected chi connectivity index (χ1v) is 6.47. The van der Waals surface area contributed by atoms with Crippen LogP contribution in [0.5, 0.6) is 0 Å². The normalized spacial score (nSPS) is 27.3. The van der Waals surface area contributed by atoms with Crippen molar-refractivity contribution < 1.29 is 9.53 Å². The molecule has 0 aromatic heterocycles. The van der Waals surface area contributed by atoms with E-state index in [0.717, 1.165) is 0 Å². The summed E-state index contributed by atoms with van der Waals surface area (Å²) in [5.41, 5.74) is 0. The van der Waals surface area contributed by atoms with Gasteiger partial charge in [-0.2, -0.15) is 0 Å². The van der Waals surface area contributed by atoms with Gasteiger partial charge in [-0.15, -0.1) is 0 Å². The van der Waals surface area contributed by atoms with Gasteiger partial charge in [-0.05, 0) is 18.8 Å². The molecule has 0 radical (unpaired) electrons. The fraction of sp³-hybridized carbons (Fsp3) is 0.923. The van der Waals surface area contributed by atoms with E-state index in [2.05, 4.69) is 33.0 Å². The van der Waals surface area contributed by atoms with Crippen LogP contribution in [0.25, 0.3) is 0 Å². The van der Waals surface area contributed by atoms with Crippen LogP contribution in [-0.2, 0) is 9.53 Å². The lowest BCUT2D eigenvalue weighted by Gasteiger charge is -2.33. The molecule has 0 aromatic carbocycles. The Hall–Kier alpha value is -0.610. The smallest absolute Gasteiger partial charge is 0.241 e. The van der Waals surface area contributed by atoms with Crippen molar-refractivity contribution in [3.05, 3.63) is 0 Å². The van der Waals surface area contributed by atoms with Gasteiger partial charge >= 0.3 is 0 Å². The molecule has 1 aliphatic rings. The van der Waals surface area contributed by atoms with Crippen molar-refractivity contribution in [2.75, 3.05) is 13.7 Å². The lowest BCUT2D eigenvalue weighted by molar-refractivity contribution is -0.135. The third-order valence-corrected chi connectivity index (χ3v) is 3.49. The van der Waals surface area contributed by atoms with Crippen LogP contribution in [0.1, 0.15) is 34.6 Å². The zero-order valence-electron chi connectivity index (χ0n) is 11.9. The van der Waals surface area contributed by atoms with Crippen molar-refractivity contribution in [2.24, 2.45) is 11.8 Å². The SMILES string of the molecule is COCC(C(C)C)N1C(=O)C(C(C)C)NC1C. The van der Waals surface area contributed by atoms with Crippen molar-refractivity contribution in [1.82, 2.24) is 10.2 Å². The first-order valence-electron chi connectivity index (χ1n) is 6.47. The highest BCUT2D eigenvalue weighted by Gasteiger charge is 2.42. The first kappa shape index (κ1) is 14.5. The molecule has 3 atom stereocenters. The van der Waals surface area contributed by atoms with Gasteiger partial charge in [-0.25, -0.2) is 0 Å². The summed E-state index contributed by atoms with van der Waals surface area (Å²) in [5, 5.41) is 3.37. The van der Waals surface area contributed by atoms with E-state index < -0.39 is 0 Å². The van der Waals surface area contributed by atoms with Crippen molar-refractivity contribution in [2.45, 2.75) is 52.9 Å². The zero-order valence-corrected chi connectivity index (χ0v) is 11.9. The molecule has 1 fully saturated rings. The summed E-state index contributed by atoms with van der Waals surface area (Å²) in [6.07, 6.45) is 0.0949. The monoisotopic (exact) mass is 242 g/mol. The molecule has 4 heteroatoms. The van der Waals surface area contributed by atoms with Gasteiger partial charge in [0.25, 0.3) is 0 Å². The minimum Gasteiger partial charge on any atom is -0.383 e. The molecule has 1 heterocycles. The largest absolute Gasteiger partial charge is 0.383 e. The molecule has 1 saturated heterocycles. The summed E-state index contributed by atoms with van der Waals surface area (Å²) in [4.78, 5) is 14.3. The van der Waals surface area contributed by atoms with Gasteiger partial charge in [0.05, 0.1) is 24.9 Å². The number of hydrogen-bond acceptors (Lipinski definition) is 3. The average molecular weight is 242 g/mol. The summed E-state index contributed by atoms with van der Waals surface area (Å²) in [7, 11) is 1.69. The molecular weight excluding hydrogens is 216 g/mol. The number of methoxy groups -OCH3 is 1. The fourth-order valence-electron chi connectivity index (χ4n) is 2.46. The minimum absolute atomic E-state index is 0.0527. The number of hydrogen-bond donors (Lipinski definition) is 1. The number of rotatable bonds is 5. The van der Waals surface area contributed by atoms with Crippen LogP contribution in [-0.4, -0.2) is 42.8 Å². The number of carbonyl (C=O) groups is 1. The molecule has 1 amide bonds. The quantitative estimate of drug-likeness (QED) is 0.793. The van der Waals surface area contributed by atoms with Gasteiger partial charge in [0.15, 0.2) is 0 Å². The van der Waals surface area contributed by atoms with E-state index in [0.29, 0.717) is 18.4 Å². The van der Waals surface area contributed by atoms with Crippen molar-refractivity contribution in [3.8, 4) is 0 Å². The van der Waals surface area contributed by atoms with E-state index in [-0.39, 0.29) is 24.2 Å². The lowest BCUT2D eigenvalue weighted by atomic mass is 10.0. The maximum atomic E-state index is 12.4. The second-order valence-electron chi connectivity index (χ2n) is 5.58. The van der Waals surface area contributed by atoms with E-state index in [4.69, 9.17) is 4.74 Å². The van der Waals surface area contributed by atoms with Crippen LogP contribution in [0.15, 0.2) is 0 Å². The topological polar surface area (TPSA) is 41.6 Å². The number of nitrogens with zero attached hydrogens (tertiary/aromatic N) is 1. The lowest BCUT2D eigenvalue weighted by Crippen LogP contribution is -2.48. The Morgan fingerprint density at radius 2 is 1.94 bits per heavy atom. The second kappa shape index (κ2) is 5.83. The van der Waals surface area contributed by atoms with Crippen molar-refractivity contribution in [3.63, 3.8) is 0 Å². The predicted molar refractivity (Wildman–Crippen MR) is 68.6 cm³/mol. The van der Waals surface area contributed by atoms with Gasteiger partial charge in [-0.3, -0.25) is 10.1 Å². The minimum atomic E-state index is -0.0527. The van der Waals surface area contributed by atoms with Gasteiger partial charge in [0.2, 0.25) is 5.91 Å². The highest BCUT2D eigenvalue weighted by Crippen LogP contribution is 2.23. The molecule has 4 nitrogen and oxygen atoms in total. The number of ether oxygens (including phenoxy) is 1. The Labute approximate surface area is 105 Å². The molecule has 0 saturated carbocycles. The predicted octanol–water partition coefficient (Wildman–Crippen LogP) is 1.46. The third kappa shape index (κ3) is 2.99. The summed E-state index contributed by atoms with van der Waals surface area (Å²) >= 11 is 0. The van der Waals surface area contributed by atoms with Crippen LogP contribution in [0.3, 0.4) is 0 Å². The summed E-state index contributed by atoms with van der Waals surface area (Å²) in [5.74, 6) is 0.933. The number of amides is 1. The molecule has 1 aliphatic heterocycles. The Morgan fingerprint density at radius 3 is 2.29 bits per heavy atom. The molecule has 17 heavy (non-hydrogen) atoms. The van der Waals surface area contributed by atoms with E-state index in [1.54, 1.807) is 7.11 Å².